The highest BCUT2D eigenvalue weighted by Gasteiger charge is 2.30. The number of carbonyl (C=O) groups excluding carboxylic acids is 1. The van der Waals surface area contributed by atoms with Gasteiger partial charge in [0.2, 0.25) is 0 Å². The summed E-state index contributed by atoms with van der Waals surface area (Å²) in [6.45, 7) is 3.17. The van der Waals surface area contributed by atoms with Crippen LogP contribution in [0.3, 0.4) is 0 Å². The van der Waals surface area contributed by atoms with Crippen LogP contribution in [-0.2, 0) is 11.2 Å². The first kappa shape index (κ1) is 14.9. The van der Waals surface area contributed by atoms with E-state index in [1.54, 1.807) is 19.1 Å². The van der Waals surface area contributed by atoms with Gasteiger partial charge in [0.25, 0.3) is 0 Å². The molecule has 4 nitrogen and oxygen atoms in total. The number of fused-ring (bicyclic) bond motifs is 1. The number of Topliss-reactive ketones (excluding diaryl/α,β-unsaturated/α-hetero) is 1. The van der Waals surface area contributed by atoms with Crippen LogP contribution in [0.2, 0.25) is 10.0 Å². The molecule has 1 aromatic rings. The Morgan fingerprint density at radius 2 is 2.10 bits per heavy atom. The third-order valence-corrected chi connectivity index (χ3v) is 4.00. The van der Waals surface area contributed by atoms with Crippen LogP contribution in [0.5, 0.6) is 5.75 Å². The van der Waals surface area contributed by atoms with E-state index >= 15 is 0 Å². The molecule has 1 N–H and O–H groups in total. The molecule has 0 aliphatic heterocycles. The fourth-order valence-corrected chi connectivity index (χ4v) is 2.54. The number of rotatable bonds is 3. The van der Waals surface area contributed by atoms with Gasteiger partial charge in [-0.05, 0) is 25.5 Å². The molecule has 2 rings (SSSR count). The monoisotopic (exact) mass is 314 g/mol. The topological polar surface area (TPSA) is 63.6 Å². The Bertz CT molecular complexity index is 635. The summed E-state index contributed by atoms with van der Waals surface area (Å²) in [6, 6.07) is 1.58. The van der Waals surface area contributed by atoms with Crippen molar-refractivity contribution in [3.8, 4) is 5.75 Å². The first-order valence-corrected chi connectivity index (χ1v) is 6.72. The van der Waals surface area contributed by atoms with Crippen molar-refractivity contribution < 1.29 is 19.4 Å². The first-order valence-electron chi connectivity index (χ1n) is 5.97. The highest BCUT2D eigenvalue weighted by atomic mass is 35.5. The summed E-state index contributed by atoms with van der Waals surface area (Å²) < 4.78 is 5.27. The van der Waals surface area contributed by atoms with E-state index in [1.165, 1.54) is 6.92 Å². The average Bonchev–Trinajstić information content (AvgIpc) is 2.71. The molecule has 0 bridgehead atoms. The number of ketones is 1. The van der Waals surface area contributed by atoms with Crippen molar-refractivity contribution in [2.75, 3.05) is 0 Å². The Balaban J connectivity index is 2.48. The molecule has 1 unspecified atom stereocenters. The van der Waals surface area contributed by atoms with Gasteiger partial charge in [0.15, 0.2) is 11.9 Å². The normalized spacial score (nSPS) is 17.2. The number of aliphatic carboxylic acids is 1. The van der Waals surface area contributed by atoms with Gasteiger partial charge in [-0.1, -0.05) is 29.3 Å². The van der Waals surface area contributed by atoms with Crippen LogP contribution >= 0.6 is 23.2 Å². The molecular weight excluding hydrogens is 303 g/mol. The van der Waals surface area contributed by atoms with Gasteiger partial charge in [0.1, 0.15) is 10.8 Å². The van der Waals surface area contributed by atoms with Gasteiger partial charge < -0.3 is 9.84 Å². The molecule has 0 amide bonds. The van der Waals surface area contributed by atoms with Crippen LogP contribution in [-0.4, -0.2) is 23.0 Å². The molecule has 0 spiro atoms. The summed E-state index contributed by atoms with van der Waals surface area (Å²) >= 11 is 12.2. The quantitative estimate of drug-likeness (QED) is 0.867. The lowest BCUT2D eigenvalue weighted by Crippen LogP contribution is -2.23. The van der Waals surface area contributed by atoms with E-state index < -0.39 is 12.1 Å². The Hall–Kier alpha value is -1.52. The van der Waals surface area contributed by atoms with Crippen LogP contribution in [0.15, 0.2) is 17.7 Å². The zero-order valence-electron chi connectivity index (χ0n) is 10.9. The number of halogens is 2. The fourth-order valence-electron chi connectivity index (χ4n) is 2.04. The number of ether oxygens (including phenoxy) is 1. The number of carbonyl (C=O) groups is 2. The van der Waals surface area contributed by atoms with Crippen molar-refractivity contribution in [2.45, 2.75) is 26.4 Å². The second-order valence-corrected chi connectivity index (χ2v) is 5.21. The number of carboxylic acid groups (broad SMARTS) is 1. The predicted octanol–water partition coefficient (Wildman–Crippen LogP) is 3.53. The summed E-state index contributed by atoms with van der Waals surface area (Å²) in [7, 11) is 0. The van der Waals surface area contributed by atoms with E-state index in [-0.39, 0.29) is 21.6 Å². The number of hydrogen-bond donors (Lipinski definition) is 1. The van der Waals surface area contributed by atoms with E-state index in [4.69, 9.17) is 33.0 Å². The van der Waals surface area contributed by atoms with Crippen molar-refractivity contribution in [1.29, 1.82) is 0 Å². The largest absolute Gasteiger partial charge is 0.479 e. The molecule has 106 valence electrons. The van der Waals surface area contributed by atoms with Gasteiger partial charge in [-0.3, -0.25) is 4.79 Å². The van der Waals surface area contributed by atoms with Gasteiger partial charge in [-0.2, -0.15) is 0 Å². The summed E-state index contributed by atoms with van der Waals surface area (Å²) in [6.07, 6.45) is 1.12. The molecule has 1 aromatic carbocycles. The van der Waals surface area contributed by atoms with Crippen molar-refractivity contribution in [3.05, 3.63) is 38.9 Å². The molecule has 0 fully saturated rings. The number of hydrogen-bond acceptors (Lipinski definition) is 3. The zero-order chi connectivity index (χ0) is 15.0. The molecule has 20 heavy (non-hydrogen) atoms. The first-order chi connectivity index (χ1) is 9.36. The van der Waals surface area contributed by atoms with Gasteiger partial charge in [0, 0.05) is 17.6 Å². The third kappa shape index (κ3) is 2.41. The minimum atomic E-state index is -1.11. The molecule has 0 heterocycles. The molecule has 1 atom stereocenters. The summed E-state index contributed by atoms with van der Waals surface area (Å²) in [5, 5.41) is 9.02. The fraction of sp³-hybridized carbons (Fsp3) is 0.286. The molecule has 6 heteroatoms. The maximum absolute atomic E-state index is 12.1. The predicted molar refractivity (Wildman–Crippen MR) is 76.0 cm³/mol. The Kier molecular flexibility index (Phi) is 4.06. The van der Waals surface area contributed by atoms with E-state index in [0.29, 0.717) is 23.1 Å². The van der Waals surface area contributed by atoms with Crippen LogP contribution in [0, 0.1) is 0 Å². The van der Waals surface area contributed by atoms with Crippen LogP contribution in [0.1, 0.15) is 29.8 Å². The minimum absolute atomic E-state index is 0.0595. The lowest BCUT2D eigenvalue weighted by molar-refractivity contribution is -0.144. The molecule has 0 aromatic heterocycles. The lowest BCUT2D eigenvalue weighted by atomic mass is 10.1. The van der Waals surface area contributed by atoms with E-state index in [9.17, 15) is 9.59 Å². The van der Waals surface area contributed by atoms with Gasteiger partial charge in [-0.15, -0.1) is 0 Å². The maximum Gasteiger partial charge on any atom is 0.344 e. The molecular formula is C14H12Cl2O4. The number of carboxylic acids is 1. The van der Waals surface area contributed by atoms with Crippen molar-refractivity contribution >= 4 is 35.0 Å². The SMILES string of the molecule is CC=C1Cc2cc(OC(C)C(=O)O)c(Cl)c(Cl)c2C1=O. The Morgan fingerprint density at radius 3 is 2.65 bits per heavy atom. The third-order valence-electron chi connectivity index (χ3n) is 3.15. The Labute approximate surface area is 125 Å². The van der Waals surface area contributed by atoms with Gasteiger partial charge in [-0.25, -0.2) is 4.79 Å². The minimum Gasteiger partial charge on any atom is -0.479 e. The van der Waals surface area contributed by atoms with Gasteiger partial charge >= 0.3 is 5.97 Å². The van der Waals surface area contributed by atoms with E-state index in [1.807, 2.05) is 0 Å². The summed E-state index contributed by atoms with van der Waals surface area (Å²) in [4.78, 5) is 22.9. The summed E-state index contributed by atoms with van der Waals surface area (Å²) in [5.74, 6) is -1.08. The highest BCUT2D eigenvalue weighted by Crippen LogP contribution is 2.42. The maximum atomic E-state index is 12.1. The van der Waals surface area contributed by atoms with Crippen LogP contribution in [0.4, 0.5) is 0 Å². The average molecular weight is 315 g/mol. The lowest BCUT2D eigenvalue weighted by Gasteiger charge is -2.14. The molecule has 1 aliphatic carbocycles. The zero-order valence-corrected chi connectivity index (χ0v) is 12.4. The van der Waals surface area contributed by atoms with Gasteiger partial charge in [0.05, 0.1) is 5.02 Å². The number of benzene rings is 1. The molecule has 0 saturated heterocycles. The molecule has 0 radical (unpaired) electrons. The standard InChI is InChI=1S/C14H12Cl2O4/c1-3-7-4-8-5-9(20-6(2)14(18)19)11(15)12(16)10(8)13(7)17/h3,5-6H,4H2,1-2H3,(H,18,19). The summed E-state index contributed by atoms with van der Waals surface area (Å²) in [5.41, 5.74) is 1.71. The molecule has 0 saturated carbocycles. The van der Waals surface area contributed by atoms with Crippen molar-refractivity contribution in [2.24, 2.45) is 0 Å². The smallest absolute Gasteiger partial charge is 0.344 e. The Morgan fingerprint density at radius 1 is 1.45 bits per heavy atom. The van der Waals surface area contributed by atoms with Crippen LogP contribution in [0.25, 0.3) is 0 Å². The van der Waals surface area contributed by atoms with Crippen molar-refractivity contribution in [3.63, 3.8) is 0 Å². The number of allylic oxidation sites excluding steroid dienone is 2. The highest BCUT2D eigenvalue weighted by molar-refractivity contribution is 6.45. The van der Waals surface area contributed by atoms with E-state index in [2.05, 4.69) is 0 Å². The molecule has 1 aliphatic rings. The van der Waals surface area contributed by atoms with Crippen LogP contribution < -0.4 is 4.74 Å². The second-order valence-electron chi connectivity index (χ2n) is 4.45. The van der Waals surface area contributed by atoms with E-state index in [0.717, 1.165) is 0 Å². The second kappa shape index (κ2) is 5.46. The van der Waals surface area contributed by atoms with Crippen molar-refractivity contribution in [1.82, 2.24) is 0 Å².